The molecule has 1 aromatic carbocycles. The normalized spacial score (nSPS) is 18.3. The molecular weight excluding hydrogens is 361 g/mol. The fourth-order valence-electron chi connectivity index (χ4n) is 3.75. The summed E-state index contributed by atoms with van der Waals surface area (Å²) in [6.45, 7) is 5.88. The highest BCUT2D eigenvalue weighted by atomic mass is 19.1. The highest BCUT2D eigenvalue weighted by Crippen LogP contribution is 2.25. The van der Waals surface area contributed by atoms with Crippen LogP contribution in [0, 0.1) is 5.82 Å². The van der Waals surface area contributed by atoms with Gasteiger partial charge >= 0.3 is 0 Å². The van der Waals surface area contributed by atoms with E-state index in [0.717, 1.165) is 50.8 Å². The summed E-state index contributed by atoms with van der Waals surface area (Å²) >= 11 is 0. The zero-order chi connectivity index (χ0) is 19.3. The summed E-state index contributed by atoms with van der Waals surface area (Å²) in [5, 5.41) is 9.31. The Morgan fingerprint density at radius 3 is 2.39 bits per heavy atom. The molecule has 0 bridgehead atoms. The van der Waals surface area contributed by atoms with E-state index in [2.05, 4.69) is 24.7 Å². The van der Waals surface area contributed by atoms with Gasteiger partial charge in [0.15, 0.2) is 5.82 Å². The number of aliphatic hydroxyl groups is 1. The molecule has 2 saturated heterocycles. The molecule has 0 unspecified atom stereocenters. The summed E-state index contributed by atoms with van der Waals surface area (Å²) in [5.74, 6) is 0.419. The first-order valence-electron chi connectivity index (χ1n) is 9.79. The van der Waals surface area contributed by atoms with Crippen LogP contribution in [0.3, 0.4) is 0 Å². The number of halogens is 1. The third-order valence-corrected chi connectivity index (χ3v) is 5.35. The molecule has 7 nitrogen and oxygen atoms in total. The van der Waals surface area contributed by atoms with Gasteiger partial charge in [-0.1, -0.05) is 12.1 Å². The number of aliphatic hydroxyl groups excluding tert-OH is 1. The van der Waals surface area contributed by atoms with Crippen LogP contribution in [-0.2, 0) is 11.3 Å². The molecule has 2 aliphatic heterocycles. The number of nitrogens with zero attached hydrogens (tertiary/aromatic N) is 5. The fraction of sp³-hybridized carbons (Fsp3) is 0.500. The molecule has 150 valence electrons. The fourth-order valence-corrected chi connectivity index (χ4v) is 3.75. The molecule has 0 spiro atoms. The molecule has 4 rings (SSSR count). The molecule has 2 fully saturated rings. The van der Waals surface area contributed by atoms with Gasteiger partial charge in [-0.3, -0.25) is 0 Å². The minimum atomic E-state index is -0.323. The lowest BCUT2D eigenvalue weighted by atomic mass is 10.1. The zero-order valence-electron chi connectivity index (χ0n) is 15.9. The number of aromatic nitrogens is 2. The van der Waals surface area contributed by atoms with Crippen LogP contribution in [0.5, 0.6) is 0 Å². The first kappa shape index (κ1) is 18.9. The van der Waals surface area contributed by atoms with Gasteiger partial charge in [0.1, 0.15) is 0 Å². The van der Waals surface area contributed by atoms with Crippen molar-refractivity contribution in [1.82, 2.24) is 9.97 Å². The van der Waals surface area contributed by atoms with Crippen molar-refractivity contribution in [1.29, 1.82) is 0 Å². The van der Waals surface area contributed by atoms with Crippen LogP contribution < -0.4 is 14.7 Å². The molecule has 3 heterocycles. The van der Waals surface area contributed by atoms with E-state index >= 15 is 0 Å². The number of anilines is 3. The lowest BCUT2D eigenvalue weighted by Crippen LogP contribution is -2.37. The van der Waals surface area contributed by atoms with E-state index in [1.807, 2.05) is 12.4 Å². The Morgan fingerprint density at radius 2 is 1.64 bits per heavy atom. The Balaban J connectivity index is 1.42. The highest BCUT2D eigenvalue weighted by Gasteiger charge is 2.20. The number of hydrogen-bond donors (Lipinski definition) is 1. The van der Waals surface area contributed by atoms with Gasteiger partial charge in [-0.25, -0.2) is 14.4 Å². The molecule has 2 aliphatic rings. The smallest absolute Gasteiger partial charge is 0.225 e. The van der Waals surface area contributed by atoms with Gasteiger partial charge in [-0.2, -0.15) is 0 Å². The Hall–Kier alpha value is -2.45. The van der Waals surface area contributed by atoms with Crippen molar-refractivity contribution >= 4 is 17.3 Å². The van der Waals surface area contributed by atoms with E-state index < -0.39 is 0 Å². The Morgan fingerprint density at radius 1 is 0.929 bits per heavy atom. The van der Waals surface area contributed by atoms with Crippen LogP contribution in [0.4, 0.5) is 21.7 Å². The summed E-state index contributed by atoms with van der Waals surface area (Å²) in [6, 6.07) is 5.20. The molecule has 1 N–H and O–H groups in total. The third kappa shape index (κ3) is 4.02. The van der Waals surface area contributed by atoms with E-state index in [0.29, 0.717) is 31.0 Å². The Bertz CT molecular complexity index is 783. The van der Waals surface area contributed by atoms with Gasteiger partial charge in [0.05, 0.1) is 43.6 Å². The van der Waals surface area contributed by atoms with E-state index in [9.17, 15) is 9.50 Å². The topological polar surface area (TPSA) is 65.0 Å². The van der Waals surface area contributed by atoms with Gasteiger partial charge in [-0.15, -0.1) is 0 Å². The minimum Gasteiger partial charge on any atom is -0.392 e. The summed E-state index contributed by atoms with van der Waals surface area (Å²) in [4.78, 5) is 15.5. The Kier molecular flexibility index (Phi) is 5.87. The largest absolute Gasteiger partial charge is 0.392 e. The molecule has 0 radical (unpaired) electrons. The van der Waals surface area contributed by atoms with Gasteiger partial charge in [0.2, 0.25) is 5.95 Å². The van der Waals surface area contributed by atoms with E-state index in [1.54, 1.807) is 18.2 Å². The highest BCUT2D eigenvalue weighted by molar-refractivity contribution is 5.52. The molecule has 0 aliphatic carbocycles. The van der Waals surface area contributed by atoms with Crippen molar-refractivity contribution in [3.8, 4) is 0 Å². The number of benzene rings is 1. The van der Waals surface area contributed by atoms with Crippen molar-refractivity contribution in [2.45, 2.75) is 13.0 Å². The molecule has 2 aromatic rings. The maximum Gasteiger partial charge on any atom is 0.225 e. The van der Waals surface area contributed by atoms with Crippen LogP contribution in [0.2, 0.25) is 0 Å². The van der Waals surface area contributed by atoms with E-state index in [1.165, 1.54) is 0 Å². The number of ether oxygens (including phenoxy) is 1. The second-order valence-corrected chi connectivity index (χ2v) is 7.08. The molecule has 0 atom stereocenters. The summed E-state index contributed by atoms with van der Waals surface area (Å²) < 4.78 is 20.0. The minimum absolute atomic E-state index is 0.285. The first-order chi connectivity index (χ1) is 13.8. The van der Waals surface area contributed by atoms with Crippen LogP contribution in [0.25, 0.3) is 0 Å². The van der Waals surface area contributed by atoms with Crippen LogP contribution >= 0.6 is 0 Å². The average molecular weight is 387 g/mol. The predicted molar refractivity (Wildman–Crippen MR) is 106 cm³/mol. The van der Waals surface area contributed by atoms with Gasteiger partial charge in [-0.05, 0) is 12.5 Å². The summed E-state index contributed by atoms with van der Waals surface area (Å²) in [7, 11) is 0. The van der Waals surface area contributed by atoms with Crippen LogP contribution in [0.1, 0.15) is 12.0 Å². The van der Waals surface area contributed by atoms with E-state index in [-0.39, 0.29) is 12.4 Å². The average Bonchev–Trinajstić information content (AvgIpc) is 3.01. The summed E-state index contributed by atoms with van der Waals surface area (Å²) in [5.41, 5.74) is 1.89. The quantitative estimate of drug-likeness (QED) is 0.856. The predicted octanol–water partition coefficient (Wildman–Crippen LogP) is 1.66. The molecule has 1 aromatic heterocycles. The van der Waals surface area contributed by atoms with Crippen LogP contribution in [0.15, 0.2) is 30.6 Å². The Labute approximate surface area is 164 Å². The van der Waals surface area contributed by atoms with Crippen LogP contribution in [-0.4, -0.2) is 67.6 Å². The maximum atomic E-state index is 14.6. The monoisotopic (exact) mass is 387 g/mol. The molecular formula is C20H26FN5O2. The van der Waals surface area contributed by atoms with Crippen molar-refractivity contribution in [3.05, 3.63) is 42.0 Å². The third-order valence-electron chi connectivity index (χ3n) is 5.35. The van der Waals surface area contributed by atoms with Crippen molar-refractivity contribution in [2.75, 3.05) is 67.2 Å². The molecule has 8 heteroatoms. The number of morpholine rings is 1. The van der Waals surface area contributed by atoms with E-state index in [4.69, 9.17) is 4.74 Å². The SMILES string of the molecule is OCc1cccc(N2CCCN(c3cnc(N4CCOCC4)nc3)CC2)c1F. The second kappa shape index (κ2) is 8.70. The maximum absolute atomic E-state index is 14.6. The molecule has 0 amide bonds. The first-order valence-corrected chi connectivity index (χ1v) is 9.79. The molecule has 0 saturated carbocycles. The number of rotatable bonds is 4. The lowest BCUT2D eigenvalue weighted by molar-refractivity contribution is 0.122. The van der Waals surface area contributed by atoms with Gasteiger partial charge in [0, 0.05) is 44.8 Å². The standard InChI is InChI=1S/C20H26FN5O2/c21-19-16(15-27)3-1-4-18(19)25-6-2-5-24(7-8-25)17-13-22-20(23-14-17)26-9-11-28-12-10-26/h1,3-4,13-14,27H,2,5-12,15H2. The van der Waals surface area contributed by atoms with Crippen molar-refractivity contribution in [3.63, 3.8) is 0 Å². The van der Waals surface area contributed by atoms with Gasteiger partial charge in [0.25, 0.3) is 0 Å². The lowest BCUT2D eigenvalue weighted by Gasteiger charge is -2.28. The molecule has 28 heavy (non-hydrogen) atoms. The second-order valence-electron chi connectivity index (χ2n) is 7.08. The summed E-state index contributed by atoms with van der Waals surface area (Å²) in [6.07, 6.45) is 4.66. The van der Waals surface area contributed by atoms with Crippen molar-refractivity contribution < 1.29 is 14.2 Å². The van der Waals surface area contributed by atoms with Gasteiger partial charge < -0.3 is 24.5 Å². The van der Waals surface area contributed by atoms with Crippen molar-refractivity contribution in [2.24, 2.45) is 0 Å². The number of hydrogen-bond acceptors (Lipinski definition) is 7. The zero-order valence-corrected chi connectivity index (χ0v) is 15.9.